The van der Waals surface area contributed by atoms with Gasteiger partial charge in [-0.15, -0.1) is 0 Å². The molecule has 19 heavy (non-hydrogen) atoms. The number of nitrogens with zero attached hydrogens (tertiary/aromatic N) is 2. The van der Waals surface area contributed by atoms with Gasteiger partial charge in [-0.05, 0) is 55.1 Å². The van der Waals surface area contributed by atoms with Crippen molar-refractivity contribution in [1.82, 2.24) is 15.1 Å². The predicted octanol–water partition coefficient (Wildman–Crippen LogP) is 3.31. The van der Waals surface area contributed by atoms with Crippen LogP contribution in [0.4, 0.5) is 0 Å². The Morgan fingerprint density at radius 3 is 3.21 bits per heavy atom. The van der Waals surface area contributed by atoms with Gasteiger partial charge in [-0.25, -0.2) is 0 Å². The van der Waals surface area contributed by atoms with E-state index in [2.05, 4.69) is 44.5 Å². The van der Waals surface area contributed by atoms with Crippen LogP contribution in [0, 0.1) is 0 Å². The van der Waals surface area contributed by atoms with Crippen molar-refractivity contribution in [3.05, 3.63) is 52.3 Å². The lowest BCUT2D eigenvalue weighted by Crippen LogP contribution is -2.21. The predicted molar refractivity (Wildman–Crippen MR) is 80.1 cm³/mol. The van der Waals surface area contributed by atoms with E-state index in [1.165, 1.54) is 28.4 Å². The van der Waals surface area contributed by atoms with Crippen LogP contribution in [0.5, 0.6) is 0 Å². The Labute approximate surface area is 122 Å². The van der Waals surface area contributed by atoms with Gasteiger partial charge in [-0.3, -0.25) is 4.68 Å². The fourth-order valence-electron chi connectivity index (χ4n) is 2.75. The Hall–Kier alpha value is -1.13. The van der Waals surface area contributed by atoms with E-state index < -0.39 is 0 Å². The zero-order valence-electron chi connectivity index (χ0n) is 10.8. The van der Waals surface area contributed by atoms with Crippen molar-refractivity contribution in [3.8, 4) is 0 Å². The topological polar surface area (TPSA) is 29.9 Å². The number of halogens is 1. The van der Waals surface area contributed by atoms with E-state index in [4.69, 9.17) is 0 Å². The number of aromatic nitrogens is 2. The van der Waals surface area contributed by atoms with Crippen molar-refractivity contribution in [2.24, 2.45) is 0 Å². The van der Waals surface area contributed by atoms with Crippen molar-refractivity contribution < 1.29 is 0 Å². The van der Waals surface area contributed by atoms with Crippen LogP contribution in [0.3, 0.4) is 0 Å². The zero-order valence-corrected chi connectivity index (χ0v) is 12.4. The second-order valence-electron chi connectivity index (χ2n) is 5.01. The zero-order chi connectivity index (χ0) is 13.1. The number of hydrogen-bond acceptors (Lipinski definition) is 2. The van der Waals surface area contributed by atoms with Crippen LogP contribution in [-0.2, 0) is 13.0 Å². The maximum atomic E-state index is 4.21. The molecule has 1 aliphatic rings. The van der Waals surface area contributed by atoms with Gasteiger partial charge in [-0.1, -0.05) is 22.0 Å². The minimum Gasteiger partial charge on any atom is -0.310 e. The molecular weight excluding hydrogens is 302 g/mol. The molecule has 1 aromatic heterocycles. The molecular formula is C15H18BrN3. The monoisotopic (exact) mass is 319 g/mol. The van der Waals surface area contributed by atoms with E-state index in [-0.39, 0.29) is 0 Å². The van der Waals surface area contributed by atoms with Gasteiger partial charge in [0.15, 0.2) is 0 Å². The number of rotatable bonds is 5. The van der Waals surface area contributed by atoms with E-state index in [1.807, 2.05) is 23.1 Å². The average molecular weight is 320 g/mol. The van der Waals surface area contributed by atoms with Crippen molar-refractivity contribution in [2.45, 2.75) is 31.8 Å². The second-order valence-corrected chi connectivity index (χ2v) is 5.93. The molecule has 1 heterocycles. The molecule has 1 atom stereocenters. The summed E-state index contributed by atoms with van der Waals surface area (Å²) >= 11 is 3.54. The SMILES string of the molecule is Brc1ccc2c(c1)CCC2NCCCn1cccn1. The number of fused-ring (bicyclic) bond motifs is 1. The Bertz CT molecular complexity index is 536. The van der Waals surface area contributed by atoms with E-state index in [1.54, 1.807) is 0 Å². The molecule has 0 spiro atoms. The first-order valence-electron chi connectivity index (χ1n) is 6.82. The van der Waals surface area contributed by atoms with E-state index in [9.17, 15) is 0 Å². The summed E-state index contributed by atoms with van der Waals surface area (Å²) in [6.45, 7) is 2.03. The first-order valence-corrected chi connectivity index (χ1v) is 7.61. The van der Waals surface area contributed by atoms with Crippen LogP contribution in [0.1, 0.15) is 30.0 Å². The summed E-state index contributed by atoms with van der Waals surface area (Å²) in [7, 11) is 0. The fraction of sp³-hybridized carbons (Fsp3) is 0.400. The van der Waals surface area contributed by atoms with Gasteiger partial charge in [0.05, 0.1) is 0 Å². The maximum Gasteiger partial charge on any atom is 0.0489 e. The van der Waals surface area contributed by atoms with Gasteiger partial charge in [0.1, 0.15) is 0 Å². The Morgan fingerprint density at radius 2 is 2.37 bits per heavy atom. The summed E-state index contributed by atoms with van der Waals surface area (Å²) in [6, 6.07) is 9.14. The number of benzene rings is 1. The summed E-state index contributed by atoms with van der Waals surface area (Å²) < 4.78 is 3.17. The molecule has 0 saturated heterocycles. The smallest absolute Gasteiger partial charge is 0.0489 e. The molecule has 3 rings (SSSR count). The van der Waals surface area contributed by atoms with Gasteiger partial charge in [-0.2, -0.15) is 5.10 Å². The molecule has 4 heteroatoms. The lowest BCUT2D eigenvalue weighted by molar-refractivity contribution is 0.486. The van der Waals surface area contributed by atoms with Crippen molar-refractivity contribution in [3.63, 3.8) is 0 Å². The largest absolute Gasteiger partial charge is 0.310 e. The third-order valence-electron chi connectivity index (χ3n) is 3.70. The minimum atomic E-state index is 0.528. The molecule has 0 amide bonds. The molecule has 0 bridgehead atoms. The van der Waals surface area contributed by atoms with Crippen LogP contribution < -0.4 is 5.32 Å². The summed E-state index contributed by atoms with van der Waals surface area (Å²) in [6.07, 6.45) is 7.37. The molecule has 1 aromatic carbocycles. The molecule has 1 N–H and O–H groups in total. The Balaban J connectivity index is 1.50. The average Bonchev–Trinajstić information content (AvgIpc) is 3.03. The summed E-state index contributed by atoms with van der Waals surface area (Å²) in [5.74, 6) is 0. The van der Waals surface area contributed by atoms with E-state index in [0.717, 1.165) is 19.5 Å². The molecule has 1 aliphatic carbocycles. The molecule has 2 aromatic rings. The lowest BCUT2D eigenvalue weighted by Gasteiger charge is -2.14. The maximum absolute atomic E-state index is 4.21. The molecule has 0 radical (unpaired) electrons. The van der Waals surface area contributed by atoms with Gasteiger partial charge in [0, 0.05) is 29.5 Å². The standard InChI is InChI=1S/C15H18BrN3/c16-13-4-5-14-12(11-13)3-6-15(14)17-7-1-9-19-10-2-8-18-19/h2,4-5,8,10-11,15,17H,1,3,6-7,9H2. The number of nitrogens with one attached hydrogen (secondary N) is 1. The first kappa shape index (κ1) is 12.9. The van der Waals surface area contributed by atoms with Crippen molar-refractivity contribution in [1.29, 1.82) is 0 Å². The van der Waals surface area contributed by atoms with Crippen LogP contribution >= 0.6 is 15.9 Å². The third kappa shape index (κ3) is 3.07. The summed E-state index contributed by atoms with van der Waals surface area (Å²) in [5.41, 5.74) is 2.96. The lowest BCUT2D eigenvalue weighted by atomic mass is 10.1. The molecule has 0 fully saturated rings. The number of aryl methyl sites for hydroxylation is 2. The van der Waals surface area contributed by atoms with Crippen LogP contribution in [0.25, 0.3) is 0 Å². The van der Waals surface area contributed by atoms with Gasteiger partial charge >= 0.3 is 0 Å². The van der Waals surface area contributed by atoms with Crippen LogP contribution in [-0.4, -0.2) is 16.3 Å². The molecule has 3 nitrogen and oxygen atoms in total. The summed E-state index contributed by atoms with van der Waals surface area (Å²) in [5, 5.41) is 7.88. The van der Waals surface area contributed by atoms with Crippen molar-refractivity contribution >= 4 is 15.9 Å². The van der Waals surface area contributed by atoms with Crippen LogP contribution in [0.2, 0.25) is 0 Å². The fourth-order valence-corrected chi connectivity index (χ4v) is 3.16. The highest BCUT2D eigenvalue weighted by molar-refractivity contribution is 9.10. The van der Waals surface area contributed by atoms with Gasteiger partial charge in [0.2, 0.25) is 0 Å². The van der Waals surface area contributed by atoms with E-state index >= 15 is 0 Å². The van der Waals surface area contributed by atoms with Gasteiger partial charge in [0.25, 0.3) is 0 Å². The highest BCUT2D eigenvalue weighted by atomic mass is 79.9. The number of hydrogen-bond donors (Lipinski definition) is 1. The first-order chi connectivity index (χ1) is 9.33. The van der Waals surface area contributed by atoms with Crippen molar-refractivity contribution in [2.75, 3.05) is 6.54 Å². The minimum absolute atomic E-state index is 0.528. The molecule has 0 saturated carbocycles. The Morgan fingerprint density at radius 1 is 1.42 bits per heavy atom. The van der Waals surface area contributed by atoms with Gasteiger partial charge < -0.3 is 5.32 Å². The third-order valence-corrected chi connectivity index (χ3v) is 4.19. The highest BCUT2D eigenvalue weighted by Crippen LogP contribution is 2.32. The normalized spacial score (nSPS) is 17.6. The second kappa shape index (κ2) is 5.88. The quantitative estimate of drug-likeness (QED) is 0.857. The molecule has 0 aliphatic heterocycles. The molecule has 100 valence electrons. The molecule has 1 unspecified atom stereocenters. The van der Waals surface area contributed by atoms with Crippen LogP contribution in [0.15, 0.2) is 41.1 Å². The summed E-state index contributed by atoms with van der Waals surface area (Å²) in [4.78, 5) is 0. The Kier molecular flexibility index (Phi) is 3.99. The van der Waals surface area contributed by atoms with E-state index in [0.29, 0.717) is 6.04 Å². The highest BCUT2D eigenvalue weighted by Gasteiger charge is 2.21.